The molecular weight excluding hydrogens is 338 g/mol. The Labute approximate surface area is 149 Å². The Hall–Kier alpha value is -2.74. The normalized spacial score (nSPS) is 19.4. The number of ether oxygens (including phenoxy) is 1. The molecule has 0 saturated heterocycles. The third kappa shape index (κ3) is 3.85. The van der Waals surface area contributed by atoms with Crippen LogP contribution in [0.2, 0.25) is 0 Å². The van der Waals surface area contributed by atoms with Crippen LogP contribution in [0, 0.1) is 0 Å². The summed E-state index contributed by atoms with van der Waals surface area (Å²) in [7, 11) is 1.50. The van der Waals surface area contributed by atoms with Gasteiger partial charge in [0.1, 0.15) is 11.2 Å². The Kier molecular flexibility index (Phi) is 4.80. The molecule has 2 aromatic heterocycles. The number of carbonyl (C=O) groups excluding carboxylic acids is 1. The average Bonchev–Trinajstić information content (AvgIpc) is 2.62. The monoisotopic (exact) mass is 355 g/mol. The van der Waals surface area contributed by atoms with Crippen LogP contribution in [-0.4, -0.2) is 33.0 Å². The highest BCUT2D eigenvalue weighted by atomic mass is 32.2. The fourth-order valence-corrected chi connectivity index (χ4v) is 3.09. The van der Waals surface area contributed by atoms with Crippen LogP contribution in [0.3, 0.4) is 0 Å². The molecule has 1 aliphatic rings. The molecule has 0 aliphatic carbocycles. The van der Waals surface area contributed by atoms with E-state index in [1.54, 1.807) is 12.3 Å². The van der Waals surface area contributed by atoms with Crippen molar-refractivity contribution in [2.24, 2.45) is 10.7 Å². The molecule has 3 heterocycles. The molecule has 1 aliphatic heterocycles. The molecule has 0 radical (unpaired) electrons. The molecule has 0 saturated carbocycles. The molecule has 25 heavy (non-hydrogen) atoms. The maximum atomic E-state index is 12.4. The van der Waals surface area contributed by atoms with E-state index in [0.717, 1.165) is 11.3 Å². The van der Waals surface area contributed by atoms with Crippen LogP contribution < -0.4 is 10.5 Å². The number of pyridine rings is 1. The van der Waals surface area contributed by atoms with E-state index in [4.69, 9.17) is 10.5 Å². The van der Waals surface area contributed by atoms with Crippen molar-refractivity contribution in [3.8, 4) is 5.88 Å². The number of ketones is 1. The topological polar surface area (TPSA) is 103 Å². The summed E-state index contributed by atoms with van der Waals surface area (Å²) >= 11 is 1.37. The minimum absolute atomic E-state index is 0.129. The SMILES string of the molecule is COc1cnc(C(=O)Cc2ccnc([C@]3(C)C=CSC(N)=N3)c2)cn1. The Morgan fingerprint density at radius 2 is 2.16 bits per heavy atom. The molecule has 0 amide bonds. The second-order valence-corrected chi connectivity index (χ2v) is 6.54. The number of methoxy groups -OCH3 is 1. The molecule has 1 atom stereocenters. The number of carbonyl (C=O) groups is 1. The van der Waals surface area contributed by atoms with Gasteiger partial charge in [0.15, 0.2) is 11.0 Å². The summed E-state index contributed by atoms with van der Waals surface area (Å²) in [5, 5.41) is 2.39. The molecule has 8 heteroatoms. The number of nitrogens with zero attached hydrogens (tertiary/aromatic N) is 4. The number of thioether (sulfide) groups is 1. The van der Waals surface area contributed by atoms with Crippen molar-refractivity contribution in [3.63, 3.8) is 0 Å². The molecule has 0 fully saturated rings. The maximum absolute atomic E-state index is 12.4. The van der Waals surface area contributed by atoms with Gasteiger partial charge >= 0.3 is 0 Å². The highest BCUT2D eigenvalue weighted by Gasteiger charge is 2.27. The minimum Gasteiger partial charge on any atom is -0.480 e. The molecule has 0 aromatic carbocycles. The lowest BCUT2D eigenvalue weighted by Gasteiger charge is -2.24. The largest absolute Gasteiger partial charge is 0.480 e. The molecule has 2 N–H and O–H groups in total. The van der Waals surface area contributed by atoms with Crippen molar-refractivity contribution >= 4 is 22.7 Å². The summed E-state index contributed by atoms with van der Waals surface area (Å²) in [5.74, 6) is 0.239. The van der Waals surface area contributed by atoms with Crippen LogP contribution >= 0.6 is 11.8 Å². The molecule has 2 aromatic rings. The molecule has 7 nitrogen and oxygen atoms in total. The summed E-state index contributed by atoms with van der Waals surface area (Å²) in [4.78, 5) is 29.4. The van der Waals surface area contributed by atoms with E-state index in [-0.39, 0.29) is 12.2 Å². The van der Waals surface area contributed by atoms with Gasteiger partial charge < -0.3 is 10.5 Å². The Morgan fingerprint density at radius 1 is 1.32 bits per heavy atom. The number of hydrogen-bond donors (Lipinski definition) is 1. The van der Waals surface area contributed by atoms with Crippen molar-refractivity contribution in [1.82, 2.24) is 15.0 Å². The standard InChI is InChI=1S/C17H17N5O2S/c1-17(4-6-25-16(18)22-17)14-8-11(3-5-19-14)7-13(23)12-9-21-15(24-2)10-20-12/h3-6,8-10H,7H2,1-2H3,(H2,18,22)/t17-/m0/s1. The van der Waals surface area contributed by atoms with Gasteiger partial charge in [-0.1, -0.05) is 11.8 Å². The van der Waals surface area contributed by atoms with Crippen molar-refractivity contribution < 1.29 is 9.53 Å². The van der Waals surface area contributed by atoms with Crippen molar-refractivity contribution in [2.75, 3.05) is 7.11 Å². The molecule has 0 unspecified atom stereocenters. The van der Waals surface area contributed by atoms with E-state index in [1.165, 1.54) is 31.3 Å². The number of hydrogen-bond acceptors (Lipinski definition) is 8. The van der Waals surface area contributed by atoms with E-state index in [1.807, 2.05) is 24.5 Å². The summed E-state index contributed by atoms with van der Waals surface area (Å²) < 4.78 is 4.95. The zero-order chi connectivity index (χ0) is 17.9. The molecule has 0 spiro atoms. The van der Waals surface area contributed by atoms with Gasteiger partial charge in [-0.15, -0.1) is 0 Å². The van der Waals surface area contributed by atoms with Crippen molar-refractivity contribution in [2.45, 2.75) is 18.9 Å². The Balaban J connectivity index is 1.81. The second-order valence-electron chi connectivity index (χ2n) is 5.61. The first-order chi connectivity index (χ1) is 12.0. The molecular formula is C17H17N5O2S. The highest BCUT2D eigenvalue weighted by molar-refractivity contribution is 8.16. The third-order valence-corrected chi connectivity index (χ3v) is 4.36. The van der Waals surface area contributed by atoms with Gasteiger partial charge in [0.25, 0.3) is 0 Å². The average molecular weight is 355 g/mol. The lowest BCUT2D eigenvalue weighted by molar-refractivity contribution is 0.0987. The smallest absolute Gasteiger partial charge is 0.232 e. The van der Waals surface area contributed by atoms with E-state index < -0.39 is 5.54 Å². The van der Waals surface area contributed by atoms with Gasteiger partial charge in [-0.25, -0.2) is 15.0 Å². The van der Waals surface area contributed by atoms with Crippen LogP contribution in [0.4, 0.5) is 0 Å². The van der Waals surface area contributed by atoms with Crippen LogP contribution in [0.25, 0.3) is 0 Å². The maximum Gasteiger partial charge on any atom is 0.232 e. The molecule has 0 bridgehead atoms. The first-order valence-electron chi connectivity index (χ1n) is 7.54. The Morgan fingerprint density at radius 3 is 2.84 bits per heavy atom. The minimum atomic E-state index is -0.631. The summed E-state index contributed by atoms with van der Waals surface area (Å²) in [6, 6.07) is 3.67. The lowest BCUT2D eigenvalue weighted by atomic mass is 9.95. The van der Waals surface area contributed by atoms with E-state index >= 15 is 0 Å². The van der Waals surface area contributed by atoms with E-state index in [0.29, 0.717) is 16.7 Å². The summed E-state index contributed by atoms with van der Waals surface area (Å²) in [6.45, 7) is 1.93. The number of Topliss-reactive ketones (excluding diaryl/α,β-unsaturated/α-hetero) is 1. The fraction of sp³-hybridized carbons (Fsp3) is 0.235. The van der Waals surface area contributed by atoms with Gasteiger partial charge in [0, 0.05) is 12.6 Å². The lowest BCUT2D eigenvalue weighted by Crippen LogP contribution is -2.24. The predicted molar refractivity (Wildman–Crippen MR) is 96.6 cm³/mol. The first-order valence-corrected chi connectivity index (χ1v) is 8.42. The molecule has 3 rings (SSSR count). The Bertz CT molecular complexity index is 850. The zero-order valence-corrected chi connectivity index (χ0v) is 14.7. The second kappa shape index (κ2) is 7.02. The van der Waals surface area contributed by atoms with Crippen LogP contribution in [0.5, 0.6) is 5.88 Å². The highest BCUT2D eigenvalue weighted by Crippen LogP contribution is 2.31. The van der Waals surface area contributed by atoms with Crippen LogP contribution in [-0.2, 0) is 12.0 Å². The molecule has 128 valence electrons. The first kappa shape index (κ1) is 17.1. The quantitative estimate of drug-likeness (QED) is 0.819. The van der Waals surface area contributed by atoms with Gasteiger partial charge in [0.05, 0.1) is 25.2 Å². The van der Waals surface area contributed by atoms with Gasteiger partial charge in [-0.3, -0.25) is 9.78 Å². The van der Waals surface area contributed by atoms with Gasteiger partial charge in [0.2, 0.25) is 5.88 Å². The number of aromatic nitrogens is 3. The number of rotatable bonds is 5. The van der Waals surface area contributed by atoms with Crippen molar-refractivity contribution in [3.05, 3.63) is 59.2 Å². The van der Waals surface area contributed by atoms with E-state index in [9.17, 15) is 4.79 Å². The third-order valence-electron chi connectivity index (χ3n) is 3.75. The summed E-state index contributed by atoms with van der Waals surface area (Å²) in [6.07, 6.45) is 6.65. The number of amidine groups is 1. The van der Waals surface area contributed by atoms with Crippen LogP contribution in [0.15, 0.2) is 47.2 Å². The van der Waals surface area contributed by atoms with Crippen LogP contribution in [0.1, 0.15) is 28.7 Å². The number of aliphatic imine (C=N–C) groups is 1. The van der Waals surface area contributed by atoms with Gasteiger partial charge in [-0.2, -0.15) is 0 Å². The van der Waals surface area contributed by atoms with Crippen molar-refractivity contribution in [1.29, 1.82) is 0 Å². The van der Waals surface area contributed by atoms with E-state index in [2.05, 4.69) is 19.9 Å². The number of nitrogens with two attached hydrogens (primary N) is 1. The fourth-order valence-electron chi connectivity index (χ4n) is 2.37. The predicted octanol–water partition coefficient (Wildman–Crippen LogP) is 2.10. The zero-order valence-electron chi connectivity index (χ0n) is 13.8. The summed E-state index contributed by atoms with van der Waals surface area (Å²) in [5.41, 5.74) is 7.05. The van der Waals surface area contributed by atoms with Gasteiger partial charge in [-0.05, 0) is 36.1 Å².